The molecule has 0 radical (unpaired) electrons. The monoisotopic (exact) mass is 262 g/mol. The van der Waals surface area contributed by atoms with Gasteiger partial charge < -0.3 is 9.72 Å². The van der Waals surface area contributed by atoms with E-state index < -0.39 is 0 Å². The number of ether oxygens (including phenoxy) is 1. The highest BCUT2D eigenvalue weighted by Gasteiger charge is 2.05. The van der Waals surface area contributed by atoms with Crippen LogP contribution in [-0.2, 0) is 6.42 Å². The van der Waals surface area contributed by atoms with Gasteiger partial charge in [-0.2, -0.15) is 0 Å². The predicted octanol–water partition coefficient (Wildman–Crippen LogP) is 3.88. The number of nitrogens with one attached hydrogen (secondary N) is 1. The van der Waals surface area contributed by atoms with Gasteiger partial charge in [-0.25, -0.2) is 0 Å². The van der Waals surface area contributed by atoms with Gasteiger partial charge in [0.15, 0.2) is 4.77 Å². The molecule has 0 unspecified atom stereocenters. The molecule has 0 fully saturated rings. The highest BCUT2D eigenvalue weighted by Crippen LogP contribution is 2.18. The van der Waals surface area contributed by atoms with E-state index >= 15 is 0 Å². The van der Waals surface area contributed by atoms with Crippen LogP contribution in [0.5, 0.6) is 5.75 Å². The van der Waals surface area contributed by atoms with Crippen molar-refractivity contribution >= 4 is 12.2 Å². The summed E-state index contributed by atoms with van der Waals surface area (Å²) in [5.41, 5.74) is 2.24. The van der Waals surface area contributed by atoms with Gasteiger partial charge >= 0.3 is 0 Å². The van der Waals surface area contributed by atoms with Gasteiger partial charge in [0.25, 0.3) is 0 Å². The fraction of sp³-hybridized carbons (Fsp3) is 0.357. The summed E-state index contributed by atoms with van der Waals surface area (Å²) in [5.74, 6) is 0.883. The van der Waals surface area contributed by atoms with E-state index in [1.807, 2.05) is 44.3 Å². The number of aromatic nitrogens is 2. The minimum atomic E-state index is 0.191. The van der Waals surface area contributed by atoms with E-state index in [0.29, 0.717) is 0 Å². The summed E-state index contributed by atoms with van der Waals surface area (Å²) < 4.78 is 8.41. The molecule has 2 rings (SSSR count). The molecule has 2 aromatic rings. The van der Waals surface area contributed by atoms with Gasteiger partial charge in [0, 0.05) is 17.6 Å². The normalized spacial score (nSPS) is 10.9. The first-order valence-electron chi connectivity index (χ1n) is 6.18. The molecule has 1 N–H and O–H groups in total. The molecule has 0 bridgehead atoms. The van der Waals surface area contributed by atoms with Crippen molar-refractivity contribution in [1.29, 1.82) is 0 Å². The van der Waals surface area contributed by atoms with Crippen LogP contribution in [0.2, 0.25) is 0 Å². The van der Waals surface area contributed by atoms with Crippen molar-refractivity contribution in [1.82, 2.24) is 9.55 Å². The van der Waals surface area contributed by atoms with Gasteiger partial charge in [0.1, 0.15) is 5.75 Å². The van der Waals surface area contributed by atoms with Crippen LogP contribution in [0, 0.1) is 4.77 Å². The maximum Gasteiger partial charge on any atom is 0.182 e. The van der Waals surface area contributed by atoms with Crippen molar-refractivity contribution in [2.45, 2.75) is 33.3 Å². The Bertz CT molecular complexity index is 566. The molecule has 1 aromatic heterocycles. The van der Waals surface area contributed by atoms with E-state index in [4.69, 9.17) is 17.0 Å². The number of aromatic amines is 1. The third kappa shape index (κ3) is 2.64. The molecule has 0 amide bonds. The van der Waals surface area contributed by atoms with Crippen LogP contribution in [0.25, 0.3) is 5.69 Å². The quantitative estimate of drug-likeness (QED) is 0.847. The van der Waals surface area contributed by atoms with E-state index in [0.717, 1.165) is 22.6 Å². The highest BCUT2D eigenvalue weighted by atomic mass is 32.1. The summed E-state index contributed by atoms with van der Waals surface area (Å²) in [5, 5.41) is 0. The van der Waals surface area contributed by atoms with E-state index in [1.165, 1.54) is 5.69 Å². The van der Waals surface area contributed by atoms with Crippen molar-refractivity contribution in [3.63, 3.8) is 0 Å². The van der Waals surface area contributed by atoms with Gasteiger partial charge in [0.2, 0.25) is 0 Å². The second-order valence-electron chi connectivity index (χ2n) is 4.43. The van der Waals surface area contributed by atoms with Crippen LogP contribution in [0.3, 0.4) is 0 Å². The number of hydrogen-bond donors (Lipinski definition) is 1. The Hall–Kier alpha value is -1.55. The van der Waals surface area contributed by atoms with Gasteiger partial charge in [0.05, 0.1) is 6.10 Å². The Balaban J connectivity index is 2.34. The first kappa shape index (κ1) is 12.9. The lowest BCUT2D eigenvalue weighted by Gasteiger charge is -2.11. The number of rotatable bonds is 4. The minimum absolute atomic E-state index is 0.191. The molecule has 0 aliphatic carbocycles. The summed E-state index contributed by atoms with van der Waals surface area (Å²) in [6.45, 7) is 6.15. The van der Waals surface area contributed by atoms with E-state index in [1.54, 1.807) is 0 Å². The van der Waals surface area contributed by atoms with Gasteiger partial charge in [-0.05, 0) is 56.8 Å². The van der Waals surface area contributed by atoms with E-state index in [-0.39, 0.29) is 6.10 Å². The summed E-state index contributed by atoms with van der Waals surface area (Å²) in [7, 11) is 0. The Labute approximate surface area is 112 Å². The Kier molecular flexibility index (Phi) is 3.87. The average Bonchev–Trinajstić information content (AvgIpc) is 2.71. The standard InChI is InChI=1S/C14H18N2OS/c1-4-11-9-15-14(18)16(11)12-5-7-13(8-6-12)17-10(2)3/h5-10H,4H2,1-3H3,(H,15,18). The average molecular weight is 262 g/mol. The van der Waals surface area contributed by atoms with Gasteiger partial charge in [-0.1, -0.05) is 6.92 Å². The van der Waals surface area contributed by atoms with Crippen LogP contribution in [0.4, 0.5) is 0 Å². The van der Waals surface area contributed by atoms with Crippen molar-refractivity contribution in [2.24, 2.45) is 0 Å². The molecule has 1 aromatic carbocycles. The number of aryl methyl sites for hydroxylation is 1. The van der Waals surface area contributed by atoms with Crippen LogP contribution in [0.15, 0.2) is 30.5 Å². The molecule has 0 atom stereocenters. The third-order valence-electron chi connectivity index (χ3n) is 2.68. The molecule has 4 heteroatoms. The second kappa shape index (κ2) is 5.40. The van der Waals surface area contributed by atoms with Crippen LogP contribution in [-0.4, -0.2) is 15.7 Å². The molecule has 0 spiro atoms. The molecule has 18 heavy (non-hydrogen) atoms. The number of nitrogens with zero attached hydrogens (tertiary/aromatic N) is 1. The Morgan fingerprint density at radius 1 is 1.28 bits per heavy atom. The summed E-state index contributed by atoms with van der Waals surface area (Å²) in [6, 6.07) is 8.01. The van der Waals surface area contributed by atoms with Crippen LogP contribution >= 0.6 is 12.2 Å². The summed E-state index contributed by atoms with van der Waals surface area (Å²) in [6.07, 6.45) is 3.09. The topological polar surface area (TPSA) is 29.9 Å². The fourth-order valence-electron chi connectivity index (χ4n) is 1.89. The lowest BCUT2D eigenvalue weighted by molar-refractivity contribution is 0.242. The maximum absolute atomic E-state index is 5.63. The van der Waals surface area contributed by atoms with E-state index in [2.05, 4.69) is 16.5 Å². The smallest absolute Gasteiger partial charge is 0.182 e. The van der Waals surface area contributed by atoms with Crippen molar-refractivity contribution < 1.29 is 4.74 Å². The molecule has 0 saturated carbocycles. The summed E-state index contributed by atoms with van der Waals surface area (Å²) in [4.78, 5) is 3.08. The lowest BCUT2D eigenvalue weighted by Crippen LogP contribution is -2.05. The predicted molar refractivity (Wildman–Crippen MR) is 76.1 cm³/mol. The number of benzene rings is 1. The first-order chi connectivity index (χ1) is 8.61. The summed E-state index contributed by atoms with van der Waals surface area (Å²) >= 11 is 5.30. The van der Waals surface area contributed by atoms with Crippen molar-refractivity contribution in [3.8, 4) is 11.4 Å². The number of imidazole rings is 1. The second-order valence-corrected chi connectivity index (χ2v) is 4.82. The molecular weight excluding hydrogens is 244 g/mol. The molecule has 3 nitrogen and oxygen atoms in total. The minimum Gasteiger partial charge on any atom is -0.491 e. The van der Waals surface area contributed by atoms with Crippen molar-refractivity contribution in [3.05, 3.63) is 40.9 Å². The molecule has 96 valence electrons. The first-order valence-corrected chi connectivity index (χ1v) is 6.59. The largest absolute Gasteiger partial charge is 0.491 e. The zero-order chi connectivity index (χ0) is 13.1. The molecule has 0 aliphatic rings. The molecule has 0 saturated heterocycles. The molecule has 1 heterocycles. The SMILES string of the molecule is CCc1c[nH]c(=S)n1-c1ccc(OC(C)C)cc1. The number of H-pyrrole nitrogens is 1. The Morgan fingerprint density at radius 3 is 2.50 bits per heavy atom. The fourth-order valence-corrected chi connectivity index (χ4v) is 2.18. The Morgan fingerprint density at radius 2 is 1.94 bits per heavy atom. The zero-order valence-corrected chi connectivity index (χ0v) is 11.8. The van der Waals surface area contributed by atoms with Gasteiger partial charge in [-0.3, -0.25) is 4.57 Å². The zero-order valence-electron chi connectivity index (χ0n) is 10.9. The van der Waals surface area contributed by atoms with Crippen molar-refractivity contribution in [2.75, 3.05) is 0 Å². The van der Waals surface area contributed by atoms with Gasteiger partial charge in [-0.15, -0.1) is 0 Å². The maximum atomic E-state index is 5.63. The lowest BCUT2D eigenvalue weighted by atomic mass is 10.2. The molecule has 0 aliphatic heterocycles. The van der Waals surface area contributed by atoms with E-state index in [9.17, 15) is 0 Å². The highest BCUT2D eigenvalue weighted by molar-refractivity contribution is 7.71. The van der Waals surface area contributed by atoms with Crippen LogP contribution < -0.4 is 4.74 Å². The molecular formula is C14H18N2OS. The van der Waals surface area contributed by atoms with Crippen LogP contribution in [0.1, 0.15) is 26.5 Å². The number of hydrogen-bond acceptors (Lipinski definition) is 2. The third-order valence-corrected chi connectivity index (χ3v) is 2.98.